The maximum absolute atomic E-state index is 9.10. The van der Waals surface area contributed by atoms with Gasteiger partial charge < -0.3 is 19.7 Å². The van der Waals surface area contributed by atoms with Gasteiger partial charge in [0.25, 0.3) is 0 Å². The van der Waals surface area contributed by atoms with Crippen LogP contribution in [0.5, 0.6) is 5.75 Å². The van der Waals surface area contributed by atoms with Gasteiger partial charge in [-0.05, 0) is 41.9 Å². The minimum atomic E-state index is -1.82. The predicted octanol–water partition coefficient (Wildman–Crippen LogP) is 2.09. The molecule has 0 saturated carbocycles. The van der Waals surface area contributed by atoms with Crippen LogP contribution >= 0.6 is 15.9 Å². The lowest BCUT2D eigenvalue weighted by atomic mass is 10.2. The molecule has 2 N–H and O–H groups in total. The van der Waals surface area contributed by atoms with Gasteiger partial charge in [0.05, 0.1) is 16.7 Å². The second-order valence-corrected chi connectivity index (χ2v) is 6.26. The van der Waals surface area contributed by atoms with Gasteiger partial charge in [-0.25, -0.2) is 9.59 Å². The maximum Gasteiger partial charge on any atom is 0.414 e. The first-order chi connectivity index (χ1) is 11.3. The second kappa shape index (κ2) is 10.3. The second-order valence-electron chi connectivity index (χ2n) is 5.41. The Hall–Kier alpha value is -1.64. The molecule has 1 saturated heterocycles. The molecule has 1 heterocycles. The standard InChI is InChI=1S/C14H20BrNO2.C2H2O4/c1-11-9-16(10-12(2)18-11)7-8-17-14-6-4-3-5-13(14)15;3-1(4)2(5)6/h3-6,11-12H,7-10H2,1-2H3;(H,3,4)(H,5,6). The Bertz CT molecular complexity index is 531. The molecule has 7 nitrogen and oxygen atoms in total. The van der Waals surface area contributed by atoms with Gasteiger partial charge in [-0.2, -0.15) is 0 Å². The molecule has 1 aliphatic heterocycles. The van der Waals surface area contributed by atoms with Crippen LogP contribution in [0.2, 0.25) is 0 Å². The molecule has 1 aliphatic rings. The van der Waals surface area contributed by atoms with E-state index < -0.39 is 11.9 Å². The van der Waals surface area contributed by atoms with Crippen molar-refractivity contribution in [3.63, 3.8) is 0 Å². The van der Waals surface area contributed by atoms with Crippen molar-refractivity contribution in [1.82, 2.24) is 4.90 Å². The van der Waals surface area contributed by atoms with E-state index >= 15 is 0 Å². The molecule has 1 aromatic rings. The van der Waals surface area contributed by atoms with E-state index in [0.717, 1.165) is 29.9 Å². The average Bonchev–Trinajstić information content (AvgIpc) is 2.49. The number of carboxylic acids is 2. The monoisotopic (exact) mass is 403 g/mol. The number of carbonyl (C=O) groups is 2. The SMILES string of the molecule is CC1CN(CCOc2ccccc2Br)CC(C)O1.O=C(O)C(=O)O. The molecule has 0 spiro atoms. The topological polar surface area (TPSA) is 96.3 Å². The number of carboxylic acid groups (broad SMARTS) is 2. The maximum atomic E-state index is 9.10. The number of para-hydroxylation sites is 1. The van der Waals surface area contributed by atoms with Crippen molar-refractivity contribution in [3.8, 4) is 5.75 Å². The molecular weight excluding hydrogens is 382 g/mol. The van der Waals surface area contributed by atoms with Crippen LogP contribution in [0, 0.1) is 0 Å². The largest absolute Gasteiger partial charge is 0.491 e. The highest BCUT2D eigenvalue weighted by Gasteiger charge is 2.21. The number of benzene rings is 1. The van der Waals surface area contributed by atoms with E-state index in [1.807, 2.05) is 24.3 Å². The van der Waals surface area contributed by atoms with Crippen LogP contribution in [0.15, 0.2) is 28.7 Å². The molecular formula is C16H22BrNO6. The summed E-state index contributed by atoms with van der Waals surface area (Å²) in [6.45, 7) is 7.88. The summed E-state index contributed by atoms with van der Waals surface area (Å²) in [5.41, 5.74) is 0. The third kappa shape index (κ3) is 7.76. The molecule has 2 rings (SSSR count). The van der Waals surface area contributed by atoms with Crippen molar-refractivity contribution in [2.45, 2.75) is 26.1 Å². The highest BCUT2D eigenvalue weighted by molar-refractivity contribution is 9.10. The fraction of sp³-hybridized carbons (Fsp3) is 0.500. The fourth-order valence-electron chi connectivity index (χ4n) is 2.31. The molecule has 0 aliphatic carbocycles. The Morgan fingerprint density at radius 1 is 1.21 bits per heavy atom. The first-order valence-corrected chi connectivity index (χ1v) is 8.30. The molecule has 0 bridgehead atoms. The molecule has 134 valence electrons. The molecule has 1 fully saturated rings. The van der Waals surface area contributed by atoms with Crippen molar-refractivity contribution in [3.05, 3.63) is 28.7 Å². The average molecular weight is 404 g/mol. The normalized spacial score (nSPS) is 20.6. The Morgan fingerprint density at radius 3 is 2.25 bits per heavy atom. The Kier molecular flexibility index (Phi) is 8.73. The van der Waals surface area contributed by atoms with E-state index in [4.69, 9.17) is 29.3 Å². The minimum absolute atomic E-state index is 0.317. The van der Waals surface area contributed by atoms with Crippen molar-refractivity contribution in [1.29, 1.82) is 0 Å². The molecule has 2 atom stereocenters. The van der Waals surface area contributed by atoms with Crippen LogP contribution in [-0.4, -0.2) is 65.5 Å². The van der Waals surface area contributed by atoms with Crippen LogP contribution < -0.4 is 4.74 Å². The van der Waals surface area contributed by atoms with Crippen LogP contribution in [0.1, 0.15) is 13.8 Å². The molecule has 2 unspecified atom stereocenters. The first kappa shape index (κ1) is 20.4. The number of morpholine rings is 1. The summed E-state index contributed by atoms with van der Waals surface area (Å²) in [5.74, 6) is -2.74. The molecule has 24 heavy (non-hydrogen) atoms. The summed E-state index contributed by atoms with van der Waals surface area (Å²) in [4.78, 5) is 20.6. The van der Waals surface area contributed by atoms with Gasteiger partial charge in [0.2, 0.25) is 0 Å². The number of nitrogens with zero attached hydrogens (tertiary/aromatic N) is 1. The fourth-order valence-corrected chi connectivity index (χ4v) is 2.71. The number of rotatable bonds is 4. The lowest BCUT2D eigenvalue weighted by Crippen LogP contribution is -2.46. The van der Waals surface area contributed by atoms with Crippen LogP contribution in [-0.2, 0) is 14.3 Å². The van der Waals surface area contributed by atoms with Crippen LogP contribution in [0.4, 0.5) is 0 Å². The third-order valence-electron chi connectivity index (χ3n) is 3.18. The lowest BCUT2D eigenvalue weighted by molar-refractivity contribution is -0.159. The van der Waals surface area contributed by atoms with Gasteiger partial charge in [-0.15, -0.1) is 0 Å². The van der Waals surface area contributed by atoms with Crippen LogP contribution in [0.3, 0.4) is 0 Å². The zero-order valence-electron chi connectivity index (χ0n) is 13.6. The van der Waals surface area contributed by atoms with E-state index in [1.54, 1.807) is 0 Å². The smallest absolute Gasteiger partial charge is 0.414 e. The highest BCUT2D eigenvalue weighted by Crippen LogP contribution is 2.23. The quantitative estimate of drug-likeness (QED) is 0.742. The molecule has 0 radical (unpaired) electrons. The number of aliphatic carboxylic acids is 2. The zero-order chi connectivity index (χ0) is 18.1. The summed E-state index contributed by atoms with van der Waals surface area (Å²) < 4.78 is 12.5. The van der Waals surface area contributed by atoms with E-state index in [1.165, 1.54) is 0 Å². The molecule has 0 amide bonds. The van der Waals surface area contributed by atoms with E-state index in [9.17, 15) is 0 Å². The van der Waals surface area contributed by atoms with E-state index in [2.05, 4.69) is 34.7 Å². The van der Waals surface area contributed by atoms with Crippen molar-refractivity contribution >= 4 is 27.9 Å². The van der Waals surface area contributed by atoms with Crippen molar-refractivity contribution in [2.75, 3.05) is 26.2 Å². The number of hydrogen-bond donors (Lipinski definition) is 2. The zero-order valence-corrected chi connectivity index (χ0v) is 15.2. The van der Waals surface area contributed by atoms with Gasteiger partial charge in [-0.3, -0.25) is 4.90 Å². The third-order valence-corrected chi connectivity index (χ3v) is 3.84. The predicted molar refractivity (Wildman–Crippen MR) is 91.4 cm³/mol. The first-order valence-electron chi connectivity index (χ1n) is 7.51. The van der Waals surface area contributed by atoms with Gasteiger partial charge in [0.1, 0.15) is 12.4 Å². The van der Waals surface area contributed by atoms with Gasteiger partial charge in [0.15, 0.2) is 0 Å². The number of ether oxygens (including phenoxy) is 2. The van der Waals surface area contributed by atoms with Crippen molar-refractivity contribution in [2.24, 2.45) is 0 Å². The molecule has 1 aromatic carbocycles. The van der Waals surface area contributed by atoms with Gasteiger partial charge in [-0.1, -0.05) is 12.1 Å². The van der Waals surface area contributed by atoms with Gasteiger partial charge in [0, 0.05) is 19.6 Å². The van der Waals surface area contributed by atoms with Crippen molar-refractivity contribution < 1.29 is 29.3 Å². The summed E-state index contributed by atoms with van der Waals surface area (Å²) in [6, 6.07) is 7.95. The van der Waals surface area contributed by atoms with Gasteiger partial charge >= 0.3 is 11.9 Å². The van der Waals surface area contributed by atoms with Crippen LogP contribution in [0.25, 0.3) is 0 Å². The minimum Gasteiger partial charge on any atom is -0.491 e. The summed E-state index contributed by atoms with van der Waals surface area (Å²) in [5, 5.41) is 14.8. The summed E-state index contributed by atoms with van der Waals surface area (Å²) in [6.07, 6.45) is 0.634. The Balaban J connectivity index is 0.000000413. The molecule has 0 aromatic heterocycles. The number of halogens is 1. The summed E-state index contributed by atoms with van der Waals surface area (Å²) >= 11 is 3.48. The van der Waals surface area contributed by atoms with E-state index in [-0.39, 0.29) is 0 Å². The Morgan fingerprint density at radius 2 is 1.75 bits per heavy atom. The highest BCUT2D eigenvalue weighted by atomic mass is 79.9. The number of hydrogen-bond acceptors (Lipinski definition) is 5. The lowest BCUT2D eigenvalue weighted by Gasteiger charge is -2.35. The van der Waals surface area contributed by atoms with E-state index in [0.29, 0.717) is 18.8 Å². The molecule has 8 heteroatoms. The summed E-state index contributed by atoms with van der Waals surface area (Å²) in [7, 11) is 0. The Labute approximate surface area is 149 Å².